The Bertz CT molecular complexity index is 449. The van der Waals surface area contributed by atoms with Gasteiger partial charge in [0.05, 0.1) is 30.4 Å². The van der Waals surface area contributed by atoms with Gasteiger partial charge >= 0.3 is 0 Å². The summed E-state index contributed by atoms with van der Waals surface area (Å²) in [5, 5.41) is 41.1. The number of nitrogens with one attached hydrogen (secondary N) is 1. The normalized spacial score (nSPS) is 12.4. The molecule has 0 aliphatic heterocycles. The van der Waals surface area contributed by atoms with Crippen molar-refractivity contribution >= 4 is 11.4 Å². The molecule has 0 radical (unpaired) electrons. The van der Waals surface area contributed by atoms with Crippen LogP contribution in [0.25, 0.3) is 0 Å². The topological polar surface area (TPSA) is 119 Å². The minimum atomic E-state index is -0.586. The van der Waals surface area contributed by atoms with Crippen LogP contribution in [0.2, 0.25) is 0 Å². The monoisotopic (exact) mass is 285 g/mol. The lowest BCUT2D eigenvalue weighted by atomic mass is 10.2. The van der Waals surface area contributed by atoms with E-state index in [0.717, 1.165) is 6.07 Å². The van der Waals surface area contributed by atoms with E-state index in [1.54, 1.807) is 11.8 Å². The number of benzene rings is 1. The molecular weight excluding hydrogens is 266 g/mol. The Balaban J connectivity index is 2.88. The molecule has 0 fully saturated rings. The molecule has 112 valence electrons. The summed E-state index contributed by atoms with van der Waals surface area (Å²) in [6.45, 7) is 2.27. The van der Waals surface area contributed by atoms with E-state index >= 15 is 0 Å². The van der Waals surface area contributed by atoms with E-state index in [9.17, 15) is 15.2 Å². The first-order chi connectivity index (χ1) is 9.49. The van der Waals surface area contributed by atoms with E-state index < -0.39 is 4.92 Å². The Morgan fingerprint density at radius 3 is 2.45 bits per heavy atom. The molecule has 1 aromatic carbocycles. The van der Waals surface area contributed by atoms with Crippen LogP contribution < -0.4 is 5.32 Å². The van der Waals surface area contributed by atoms with Crippen molar-refractivity contribution < 1.29 is 20.2 Å². The summed E-state index contributed by atoms with van der Waals surface area (Å²) < 4.78 is 0. The van der Waals surface area contributed by atoms with E-state index in [1.807, 2.05) is 0 Å². The predicted octanol–water partition coefficient (Wildman–Crippen LogP) is 0.345. The van der Waals surface area contributed by atoms with E-state index in [2.05, 4.69) is 5.32 Å². The van der Waals surface area contributed by atoms with Gasteiger partial charge in [0.2, 0.25) is 0 Å². The average molecular weight is 285 g/mol. The maximum atomic E-state index is 10.9. The molecule has 0 saturated heterocycles. The summed E-state index contributed by atoms with van der Waals surface area (Å²) in [6.07, 6.45) is -0.322. The van der Waals surface area contributed by atoms with Gasteiger partial charge in [0, 0.05) is 13.1 Å². The summed E-state index contributed by atoms with van der Waals surface area (Å²) >= 11 is 0. The molecule has 8 nitrogen and oxygen atoms in total. The van der Waals surface area contributed by atoms with Crippen molar-refractivity contribution in [2.24, 2.45) is 0 Å². The van der Waals surface area contributed by atoms with Crippen LogP contribution in [-0.4, -0.2) is 57.6 Å². The van der Waals surface area contributed by atoms with Crippen molar-refractivity contribution in [3.63, 3.8) is 0 Å². The molecule has 1 atom stereocenters. The standard InChI is InChI=1S/C12H19N3O5/c1-9(14(4-6-16)5-7-17)13-11-3-2-10(18)8-12(11)15(19)20/h2-3,8-9,13,16-18H,4-7H2,1H3. The fraction of sp³-hybridized carbons (Fsp3) is 0.500. The molecule has 0 amide bonds. The maximum Gasteiger partial charge on any atom is 0.296 e. The highest BCUT2D eigenvalue weighted by atomic mass is 16.6. The van der Waals surface area contributed by atoms with Crippen LogP contribution in [-0.2, 0) is 0 Å². The van der Waals surface area contributed by atoms with Crippen molar-refractivity contribution in [2.75, 3.05) is 31.6 Å². The molecule has 1 rings (SSSR count). The molecule has 20 heavy (non-hydrogen) atoms. The fourth-order valence-corrected chi connectivity index (χ4v) is 1.87. The smallest absolute Gasteiger partial charge is 0.296 e. The number of rotatable bonds is 8. The molecule has 0 aromatic heterocycles. The lowest BCUT2D eigenvalue weighted by Crippen LogP contribution is -2.42. The van der Waals surface area contributed by atoms with Crippen molar-refractivity contribution in [1.29, 1.82) is 0 Å². The lowest BCUT2D eigenvalue weighted by molar-refractivity contribution is -0.384. The Morgan fingerprint density at radius 2 is 1.95 bits per heavy atom. The number of anilines is 1. The summed E-state index contributed by atoms with van der Waals surface area (Å²) in [4.78, 5) is 12.1. The molecular formula is C12H19N3O5. The van der Waals surface area contributed by atoms with Gasteiger partial charge < -0.3 is 20.6 Å². The second-order valence-corrected chi connectivity index (χ2v) is 4.26. The number of nitro groups is 1. The first-order valence-electron chi connectivity index (χ1n) is 6.19. The molecule has 4 N–H and O–H groups in total. The third kappa shape index (κ3) is 4.34. The minimum Gasteiger partial charge on any atom is -0.508 e. The molecule has 0 heterocycles. The highest BCUT2D eigenvalue weighted by molar-refractivity contribution is 5.63. The molecule has 0 spiro atoms. The highest BCUT2D eigenvalue weighted by Gasteiger charge is 2.19. The van der Waals surface area contributed by atoms with Crippen LogP contribution in [0.4, 0.5) is 11.4 Å². The van der Waals surface area contributed by atoms with Crippen molar-refractivity contribution in [2.45, 2.75) is 13.1 Å². The molecule has 1 aromatic rings. The molecule has 1 unspecified atom stereocenters. The second kappa shape index (κ2) is 7.63. The molecule has 0 aliphatic rings. The molecule has 0 aliphatic carbocycles. The van der Waals surface area contributed by atoms with Gasteiger partial charge in [0.25, 0.3) is 5.69 Å². The quantitative estimate of drug-likeness (QED) is 0.235. The molecule has 0 saturated carbocycles. The van der Waals surface area contributed by atoms with Crippen LogP contribution in [0.3, 0.4) is 0 Å². The molecule has 0 bridgehead atoms. The van der Waals surface area contributed by atoms with Gasteiger partial charge in [0.1, 0.15) is 11.4 Å². The van der Waals surface area contributed by atoms with Gasteiger partial charge in [-0.15, -0.1) is 0 Å². The number of aliphatic hydroxyl groups excluding tert-OH is 2. The van der Waals surface area contributed by atoms with E-state index in [0.29, 0.717) is 13.1 Å². The Hall–Kier alpha value is -1.90. The number of aliphatic hydroxyl groups is 2. The summed E-state index contributed by atoms with van der Waals surface area (Å²) in [7, 11) is 0. The van der Waals surface area contributed by atoms with Crippen molar-refractivity contribution in [1.82, 2.24) is 4.90 Å². The van der Waals surface area contributed by atoms with Gasteiger partial charge in [0.15, 0.2) is 0 Å². The minimum absolute atomic E-state index is 0.0797. The van der Waals surface area contributed by atoms with Gasteiger partial charge in [-0.25, -0.2) is 0 Å². The summed E-state index contributed by atoms with van der Waals surface area (Å²) in [5.41, 5.74) is 0.0333. The van der Waals surface area contributed by atoms with Gasteiger partial charge in [-0.2, -0.15) is 0 Å². The third-order valence-electron chi connectivity index (χ3n) is 2.86. The number of hydrogen-bond donors (Lipinski definition) is 4. The molecule has 8 heteroatoms. The maximum absolute atomic E-state index is 10.9. The van der Waals surface area contributed by atoms with Crippen molar-refractivity contribution in [3.8, 4) is 5.75 Å². The Morgan fingerprint density at radius 1 is 1.35 bits per heavy atom. The first kappa shape index (κ1) is 16.2. The highest BCUT2D eigenvalue weighted by Crippen LogP contribution is 2.29. The zero-order chi connectivity index (χ0) is 15.1. The zero-order valence-corrected chi connectivity index (χ0v) is 11.2. The number of nitrogens with zero attached hydrogens (tertiary/aromatic N) is 2. The Labute approximate surface area is 116 Å². The van der Waals surface area contributed by atoms with Crippen LogP contribution in [0.15, 0.2) is 18.2 Å². The first-order valence-corrected chi connectivity index (χ1v) is 6.19. The van der Waals surface area contributed by atoms with E-state index in [4.69, 9.17) is 10.2 Å². The number of phenolic OH excluding ortho intramolecular Hbond substituents is 1. The second-order valence-electron chi connectivity index (χ2n) is 4.26. The zero-order valence-electron chi connectivity index (χ0n) is 11.2. The number of hydrogen-bond acceptors (Lipinski definition) is 7. The predicted molar refractivity (Wildman–Crippen MR) is 73.6 cm³/mol. The largest absolute Gasteiger partial charge is 0.508 e. The van der Waals surface area contributed by atoms with E-state index in [-0.39, 0.29) is 36.5 Å². The van der Waals surface area contributed by atoms with Crippen LogP contribution in [0.5, 0.6) is 5.75 Å². The number of aromatic hydroxyl groups is 1. The summed E-state index contributed by atoms with van der Waals surface area (Å²) in [6, 6.07) is 3.84. The van der Waals surface area contributed by atoms with Crippen molar-refractivity contribution in [3.05, 3.63) is 28.3 Å². The summed E-state index contributed by atoms with van der Waals surface area (Å²) in [5.74, 6) is -0.183. The lowest BCUT2D eigenvalue weighted by Gasteiger charge is -2.29. The number of phenols is 1. The van der Waals surface area contributed by atoms with E-state index in [1.165, 1.54) is 12.1 Å². The SMILES string of the molecule is CC(Nc1ccc(O)cc1[N+](=O)[O-])N(CCO)CCO. The van der Waals surface area contributed by atoms with Crippen LogP contribution >= 0.6 is 0 Å². The van der Waals surface area contributed by atoms with Gasteiger partial charge in [-0.1, -0.05) is 0 Å². The van der Waals surface area contributed by atoms with Crippen LogP contribution in [0.1, 0.15) is 6.92 Å². The van der Waals surface area contributed by atoms with Gasteiger partial charge in [-0.3, -0.25) is 15.0 Å². The fourth-order valence-electron chi connectivity index (χ4n) is 1.87. The number of nitro benzene ring substituents is 1. The van der Waals surface area contributed by atoms with Crippen LogP contribution in [0, 0.1) is 10.1 Å². The third-order valence-corrected chi connectivity index (χ3v) is 2.86. The Kier molecular flexibility index (Phi) is 6.16. The van der Waals surface area contributed by atoms with Gasteiger partial charge in [-0.05, 0) is 19.1 Å². The average Bonchev–Trinajstić information content (AvgIpc) is 2.40.